The molecule has 0 saturated carbocycles. The van der Waals surface area contributed by atoms with Crippen molar-refractivity contribution in [3.8, 4) is 17.2 Å². The molecule has 0 aromatic heterocycles. The maximum absolute atomic E-state index is 12.0. The number of nitrogens with zero attached hydrogens (tertiary/aromatic N) is 1. The van der Waals surface area contributed by atoms with Crippen molar-refractivity contribution in [1.29, 1.82) is 0 Å². The molecule has 0 heterocycles. The zero-order valence-electron chi connectivity index (χ0n) is 13.9. The summed E-state index contributed by atoms with van der Waals surface area (Å²) in [7, 11) is 1.38. The number of fused-ring (bicyclic) bond motifs is 1. The van der Waals surface area contributed by atoms with Gasteiger partial charge >= 0.3 is 5.97 Å². The standard InChI is InChI=1S/C19H15NO6/c1-24-17-9-7-15(20(22)23)11-18(17)26-19(21)12-25-16-8-6-13-4-2-3-5-14(13)10-16/h2-11H,12H2,1H3. The van der Waals surface area contributed by atoms with Gasteiger partial charge in [0, 0.05) is 6.07 Å². The molecule has 132 valence electrons. The highest BCUT2D eigenvalue weighted by Gasteiger charge is 2.16. The van der Waals surface area contributed by atoms with Crippen molar-refractivity contribution in [1.82, 2.24) is 0 Å². The highest BCUT2D eigenvalue weighted by atomic mass is 16.6. The molecule has 0 aliphatic heterocycles. The van der Waals surface area contributed by atoms with Gasteiger partial charge in [-0.25, -0.2) is 4.79 Å². The third kappa shape index (κ3) is 3.89. The van der Waals surface area contributed by atoms with E-state index in [4.69, 9.17) is 14.2 Å². The molecule has 0 atom stereocenters. The van der Waals surface area contributed by atoms with Gasteiger partial charge in [0.25, 0.3) is 5.69 Å². The van der Waals surface area contributed by atoms with E-state index in [2.05, 4.69) is 0 Å². The molecule has 3 rings (SSSR count). The van der Waals surface area contributed by atoms with Crippen LogP contribution in [0, 0.1) is 10.1 Å². The van der Waals surface area contributed by atoms with Crippen molar-refractivity contribution in [2.24, 2.45) is 0 Å². The maximum Gasteiger partial charge on any atom is 0.349 e. The van der Waals surface area contributed by atoms with Crippen LogP contribution in [0.3, 0.4) is 0 Å². The highest BCUT2D eigenvalue weighted by molar-refractivity contribution is 5.84. The molecule has 3 aromatic rings. The van der Waals surface area contributed by atoms with Crippen LogP contribution in [-0.2, 0) is 4.79 Å². The first-order valence-corrected chi connectivity index (χ1v) is 7.71. The predicted octanol–water partition coefficient (Wildman–Crippen LogP) is 3.74. The van der Waals surface area contributed by atoms with Crippen molar-refractivity contribution in [2.75, 3.05) is 13.7 Å². The van der Waals surface area contributed by atoms with Crippen molar-refractivity contribution >= 4 is 22.4 Å². The molecule has 0 radical (unpaired) electrons. The molecule has 0 fully saturated rings. The monoisotopic (exact) mass is 353 g/mol. The molecule has 7 nitrogen and oxygen atoms in total. The van der Waals surface area contributed by atoms with Gasteiger partial charge in [0.15, 0.2) is 18.1 Å². The summed E-state index contributed by atoms with van der Waals surface area (Å²) in [6, 6.07) is 17.0. The number of rotatable bonds is 6. The van der Waals surface area contributed by atoms with Crippen molar-refractivity contribution < 1.29 is 23.9 Å². The van der Waals surface area contributed by atoms with Crippen LogP contribution in [0.4, 0.5) is 5.69 Å². The number of nitro benzene ring substituents is 1. The van der Waals surface area contributed by atoms with Crippen LogP contribution in [0.15, 0.2) is 60.7 Å². The van der Waals surface area contributed by atoms with E-state index in [1.165, 1.54) is 19.2 Å². The molecular weight excluding hydrogens is 338 g/mol. The zero-order valence-corrected chi connectivity index (χ0v) is 13.9. The summed E-state index contributed by atoms with van der Waals surface area (Å²) in [5, 5.41) is 12.9. The van der Waals surface area contributed by atoms with Crippen LogP contribution in [0.1, 0.15) is 0 Å². The summed E-state index contributed by atoms with van der Waals surface area (Å²) in [4.78, 5) is 22.3. The number of hydrogen-bond donors (Lipinski definition) is 0. The molecule has 26 heavy (non-hydrogen) atoms. The van der Waals surface area contributed by atoms with Gasteiger partial charge in [-0.2, -0.15) is 0 Å². The Bertz CT molecular complexity index is 969. The average Bonchev–Trinajstić information content (AvgIpc) is 2.66. The summed E-state index contributed by atoms with van der Waals surface area (Å²) >= 11 is 0. The van der Waals surface area contributed by atoms with Gasteiger partial charge in [0.05, 0.1) is 18.1 Å². The fourth-order valence-electron chi connectivity index (χ4n) is 2.41. The minimum absolute atomic E-state index is 0.0335. The summed E-state index contributed by atoms with van der Waals surface area (Å²) in [5.41, 5.74) is -0.205. The SMILES string of the molecule is COc1ccc([N+](=O)[O-])cc1OC(=O)COc1ccc2ccccc2c1. The van der Waals surface area contributed by atoms with Crippen LogP contribution in [0.2, 0.25) is 0 Å². The molecule has 0 spiro atoms. The lowest BCUT2D eigenvalue weighted by molar-refractivity contribution is -0.384. The number of esters is 1. The number of nitro groups is 1. The third-order valence-electron chi connectivity index (χ3n) is 3.66. The van der Waals surface area contributed by atoms with E-state index < -0.39 is 10.9 Å². The number of carbonyl (C=O) groups excluding carboxylic acids is 1. The molecule has 7 heteroatoms. The lowest BCUT2D eigenvalue weighted by atomic mass is 10.1. The van der Waals surface area contributed by atoms with Crippen LogP contribution in [0.25, 0.3) is 10.8 Å². The minimum Gasteiger partial charge on any atom is -0.493 e. The molecule has 0 bridgehead atoms. The second-order valence-electron chi connectivity index (χ2n) is 5.36. The topological polar surface area (TPSA) is 87.9 Å². The lowest BCUT2D eigenvalue weighted by Gasteiger charge is -2.10. The quantitative estimate of drug-likeness (QED) is 0.290. The zero-order chi connectivity index (χ0) is 18.5. The first kappa shape index (κ1) is 17.2. The van der Waals surface area contributed by atoms with Gasteiger partial charge in [0.2, 0.25) is 0 Å². The average molecular weight is 353 g/mol. The number of carbonyl (C=O) groups is 1. The van der Waals surface area contributed by atoms with Crippen molar-refractivity contribution in [2.45, 2.75) is 0 Å². The molecule has 0 aliphatic rings. The Hall–Kier alpha value is -3.61. The normalized spacial score (nSPS) is 10.3. The Kier molecular flexibility index (Phi) is 4.98. The van der Waals surface area contributed by atoms with Crippen LogP contribution >= 0.6 is 0 Å². The Morgan fingerprint density at radius 3 is 2.50 bits per heavy atom. The largest absolute Gasteiger partial charge is 0.493 e. The highest BCUT2D eigenvalue weighted by Crippen LogP contribution is 2.31. The smallest absolute Gasteiger partial charge is 0.349 e. The second-order valence-corrected chi connectivity index (χ2v) is 5.36. The molecule has 0 N–H and O–H groups in total. The fraction of sp³-hybridized carbons (Fsp3) is 0.105. The Balaban J connectivity index is 1.68. The van der Waals surface area contributed by atoms with Gasteiger partial charge in [-0.1, -0.05) is 30.3 Å². The van der Waals surface area contributed by atoms with Crippen LogP contribution in [0.5, 0.6) is 17.2 Å². The van der Waals surface area contributed by atoms with Gasteiger partial charge in [0.1, 0.15) is 5.75 Å². The van der Waals surface area contributed by atoms with Gasteiger partial charge in [-0.05, 0) is 29.0 Å². The maximum atomic E-state index is 12.0. The summed E-state index contributed by atoms with van der Waals surface area (Å²) in [5.74, 6) is 0.00656. The molecule has 0 aliphatic carbocycles. The Morgan fingerprint density at radius 2 is 1.77 bits per heavy atom. The van der Waals surface area contributed by atoms with Crippen LogP contribution < -0.4 is 14.2 Å². The van der Waals surface area contributed by atoms with E-state index in [0.29, 0.717) is 5.75 Å². The third-order valence-corrected chi connectivity index (χ3v) is 3.66. The van der Waals surface area contributed by atoms with E-state index in [1.807, 2.05) is 36.4 Å². The van der Waals surface area contributed by atoms with E-state index >= 15 is 0 Å². The van der Waals surface area contributed by atoms with Crippen molar-refractivity contribution in [3.05, 3.63) is 70.8 Å². The minimum atomic E-state index is -0.697. The second kappa shape index (κ2) is 7.52. The van der Waals surface area contributed by atoms with E-state index in [-0.39, 0.29) is 23.8 Å². The molecule has 0 amide bonds. The Labute approximate surface area is 148 Å². The number of methoxy groups -OCH3 is 1. The number of hydrogen-bond acceptors (Lipinski definition) is 6. The molecule has 0 saturated heterocycles. The Morgan fingerprint density at radius 1 is 1.00 bits per heavy atom. The summed E-state index contributed by atoms with van der Waals surface area (Å²) in [6.45, 7) is -0.343. The number of benzene rings is 3. The molecule has 0 unspecified atom stereocenters. The fourth-order valence-corrected chi connectivity index (χ4v) is 2.41. The van der Waals surface area contributed by atoms with E-state index in [9.17, 15) is 14.9 Å². The van der Waals surface area contributed by atoms with Gasteiger partial charge < -0.3 is 14.2 Å². The number of non-ortho nitro benzene ring substituents is 1. The van der Waals surface area contributed by atoms with E-state index in [0.717, 1.165) is 16.8 Å². The van der Waals surface area contributed by atoms with Crippen molar-refractivity contribution in [3.63, 3.8) is 0 Å². The molecule has 3 aromatic carbocycles. The summed E-state index contributed by atoms with van der Waals surface area (Å²) < 4.78 is 15.6. The first-order chi connectivity index (χ1) is 12.6. The predicted molar refractivity (Wildman–Crippen MR) is 94.7 cm³/mol. The van der Waals surface area contributed by atoms with E-state index in [1.54, 1.807) is 6.07 Å². The lowest BCUT2D eigenvalue weighted by Crippen LogP contribution is -2.18. The van der Waals surface area contributed by atoms with Gasteiger partial charge in [-0.15, -0.1) is 0 Å². The van der Waals surface area contributed by atoms with Crippen LogP contribution in [-0.4, -0.2) is 24.6 Å². The summed E-state index contributed by atoms with van der Waals surface area (Å²) in [6.07, 6.45) is 0. The number of ether oxygens (including phenoxy) is 3. The van der Waals surface area contributed by atoms with Gasteiger partial charge in [-0.3, -0.25) is 10.1 Å². The molecular formula is C19H15NO6. The first-order valence-electron chi connectivity index (χ1n) is 7.71.